The summed E-state index contributed by atoms with van der Waals surface area (Å²) >= 11 is 0. The van der Waals surface area contributed by atoms with Crippen molar-refractivity contribution >= 4 is 5.95 Å². The van der Waals surface area contributed by atoms with Crippen molar-refractivity contribution < 1.29 is 0 Å². The molecule has 0 aromatic carbocycles. The van der Waals surface area contributed by atoms with E-state index < -0.39 is 0 Å². The van der Waals surface area contributed by atoms with Crippen LogP contribution in [0.4, 0.5) is 5.95 Å². The molecular weight excluding hydrogens is 238 g/mol. The Morgan fingerprint density at radius 1 is 1.11 bits per heavy atom. The van der Waals surface area contributed by atoms with Gasteiger partial charge >= 0.3 is 0 Å². The number of nitrogens with zero attached hydrogens (tertiary/aromatic N) is 3. The lowest BCUT2D eigenvalue weighted by molar-refractivity contribution is -0.0294. The second-order valence-corrected chi connectivity index (χ2v) is 6.69. The maximum absolute atomic E-state index is 5.86. The van der Waals surface area contributed by atoms with Crippen LogP contribution in [0.3, 0.4) is 0 Å². The van der Waals surface area contributed by atoms with E-state index in [1.807, 2.05) is 7.05 Å². The second-order valence-electron chi connectivity index (χ2n) is 6.69. The van der Waals surface area contributed by atoms with Gasteiger partial charge in [-0.15, -0.1) is 10.2 Å². The number of hydrogen-bond donors (Lipinski definition) is 2. The molecule has 4 aliphatic rings. The number of rotatable bonds is 3. The number of aromatic nitrogens is 3. The lowest BCUT2D eigenvalue weighted by Gasteiger charge is -2.54. The highest BCUT2D eigenvalue weighted by molar-refractivity contribution is 5.27. The zero-order valence-corrected chi connectivity index (χ0v) is 11.5. The molecule has 0 saturated heterocycles. The van der Waals surface area contributed by atoms with E-state index >= 15 is 0 Å². The summed E-state index contributed by atoms with van der Waals surface area (Å²) < 4.78 is 2.33. The van der Waals surface area contributed by atoms with Crippen molar-refractivity contribution in [2.24, 2.45) is 29.4 Å². The van der Waals surface area contributed by atoms with Gasteiger partial charge in [-0.2, -0.15) is 0 Å². The van der Waals surface area contributed by atoms with Crippen LogP contribution < -0.4 is 11.1 Å². The summed E-state index contributed by atoms with van der Waals surface area (Å²) in [5.41, 5.74) is 5.86. The summed E-state index contributed by atoms with van der Waals surface area (Å²) in [4.78, 5) is 0. The van der Waals surface area contributed by atoms with E-state index in [9.17, 15) is 0 Å². The van der Waals surface area contributed by atoms with Gasteiger partial charge in [0.25, 0.3) is 0 Å². The normalized spacial score (nSPS) is 39.8. The van der Waals surface area contributed by atoms with E-state index in [1.165, 1.54) is 32.1 Å². The van der Waals surface area contributed by atoms with Crippen LogP contribution in [-0.2, 0) is 6.54 Å². The molecule has 0 spiro atoms. The van der Waals surface area contributed by atoms with Crippen LogP contribution in [0.25, 0.3) is 0 Å². The van der Waals surface area contributed by atoms with Gasteiger partial charge in [-0.05, 0) is 55.8 Å². The van der Waals surface area contributed by atoms with Crippen molar-refractivity contribution in [2.75, 3.05) is 12.4 Å². The van der Waals surface area contributed by atoms with Crippen LogP contribution in [-0.4, -0.2) is 21.8 Å². The molecule has 4 aliphatic carbocycles. The molecule has 4 bridgehead atoms. The molecule has 5 rings (SSSR count). The lowest BCUT2D eigenvalue weighted by atomic mass is 9.54. The Kier molecular flexibility index (Phi) is 2.59. The van der Waals surface area contributed by atoms with E-state index in [0.29, 0.717) is 12.6 Å². The van der Waals surface area contributed by atoms with Gasteiger partial charge in [0.05, 0.1) is 6.54 Å². The predicted molar refractivity (Wildman–Crippen MR) is 73.5 cm³/mol. The first-order chi connectivity index (χ1) is 9.30. The second kappa shape index (κ2) is 4.20. The number of anilines is 1. The predicted octanol–water partition coefficient (Wildman–Crippen LogP) is 1.78. The number of nitrogens with two attached hydrogens (primary N) is 1. The summed E-state index contributed by atoms with van der Waals surface area (Å²) in [5.74, 6) is 5.48. The van der Waals surface area contributed by atoms with Crippen LogP contribution in [0.5, 0.6) is 0 Å². The van der Waals surface area contributed by atoms with Gasteiger partial charge in [0.15, 0.2) is 0 Å². The molecule has 1 aromatic heterocycles. The van der Waals surface area contributed by atoms with Gasteiger partial charge < -0.3 is 11.1 Å². The topological polar surface area (TPSA) is 68.8 Å². The number of hydrogen-bond acceptors (Lipinski definition) is 4. The standard InChI is InChI=1S/C14H23N5/c1-16-14-18-17-12(7-15)19(14)13-10-3-8-2-9(5-10)6-11(13)4-8/h8-11,13H,2-7,15H2,1H3,(H,16,18). The molecule has 5 heteroatoms. The summed E-state index contributed by atoms with van der Waals surface area (Å²) in [5, 5.41) is 11.7. The Labute approximate surface area is 114 Å². The fourth-order valence-electron chi connectivity index (χ4n) is 5.26. The molecule has 4 fully saturated rings. The molecular formula is C14H23N5. The quantitative estimate of drug-likeness (QED) is 0.870. The minimum absolute atomic E-state index is 0.484. The average molecular weight is 261 g/mol. The summed E-state index contributed by atoms with van der Waals surface area (Å²) in [6.07, 6.45) is 7.11. The van der Waals surface area contributed by atoms with Crippen molar-refractivity contribution in [1.82, 2.24) is 14.8 Å². The molecule has 0 aliphatic heterocycles. The molecule has 0 amide bonds. The highest BCUT2D eigenvalue weighted by Gasteiger charge is 2.49. The van der Waals surface area contributed by atoms with E-state index in [-0.39, 0.29) is 0 Å². The zero-order chi connectivity index (χ0) is 13.0. The van der Waals surface area contributed by atoms with Crippen LogP contribution in [0, 0.1) is 23.7 Å². The van der Waals surface area contributed by atoms with Gasteiger partial charge in [0.2, 0.25) is 5.95 Å². The van der Waals surface area contributed by atoms with Crippen LogP contribution in [0.15, 0.2) is 0 Å². The van der Waals surface area contributed by atoms with Gasteiger partial charge in [-0.3, -0.25) is 4.57 Å². The van der Waals surface area contributed by atoms with Gasteiger partial charge in [0, 0.05) is 13.1 Å². The van der Waals surface area contributed by atoms with Crippen molar-refractivity contribution in [3.8, 4) is 0 Å². The Morgan fingerprint density at radius 2 is 1.74 bits per heavy atom. The van der Waals surface area contributed by atoms with Crippen molar-refractivity contribution in [3.63, 3.8) is 0 Å². The minimum Gasteiger partial charge on any atom is -0.357 e. The van der Waals surface area contributed by atoms with Crippen molar-refractivity contribution in [3.05, 3.63) is 5.82 Å². The zero-order valence-electron chi connectivity index (χ0n) is 11.5. The van der Waals surface area contributed by atoms with Gasteiger partial charge in [-0.25, -0.2) is 0 Å². The molecule has 0 unspecified atom stereocenters. The summed E-state index contributed by atoms with van der Waals surface area (Å²) in [6.45, 7) is 0.484. The van der Waals surface area contributed by atoms with Crippen LogP contribution >= 0.6 is 0 Å². The summed E-state index contributed by atoms with van der Waals surface area (Å²) in [6, 6.07) is 0.587. The monoisotopic (exact) mass is 261 g/mol. The van der Waals surface area contributed by atoms with Crippen molar-refractivity contribution in [1.29, 1.82) is 0 Å². The molecule has 1 aromatic rings. The SMILES string of the molecule is CNc1nnc(CN)n1C1C2CC3CC(C2)CC1C3. The van der Waals surface area contributed by atoms with E-state index in [1.54, 1.807) is 0 Å². The third kappa shape index (κ3) is 1.64. The first-order valence-electron chi connectivity index (χ1n) is 7.61. The van der Waals surface area contributed by atoms with Gasteiger partial charge in [0.1, 0.15) is 5.82 Å². The van der Waals surface area contributed by atoms with E-state index in [2.05, 4.69) is 20.1 Å². The molecule has 3 N–H and O–H groups in total. The Morgan fingerprint density at radius 3 is 2.26 bits per heavy atom. The molecule has 5 nitrogen and oxygen atoms in total. The fraction of sp³-hybridized carbons (Fsp3) is 0.857. The third-order valence-corrected chi connectivity index (χ3v) is 5.65. The largest absolute Gasteiger partial charge is 0.357 e. The Bertz CT molecular complexity index is 431. The highest BCUT2D eigenvalue weighted by atomic mass is 15.4. The maximum atomic E-state index is 5.86. The number of nitrogens with one attached hydrogen (secondary N) is 1. The molecule has 0 radical (unpaired) electrons. The van der Waals surface area contributed by atoms with Gasteiger partial charge in [-0.1, -0.05) is 0 Å². The molecule has 4 saturated carbocycles. The minimum atomic E-state index is 0.484. The third-order valence-electron chi connectivity index (χ3n) is 5.65. The highest BCUT2D eigenvalue weighted by Crippen LogP contribution is 2.58. The first-order valence-corrected chi connectivity index (χ1v) is 7.61. The maximum Gasteiger partial charge on any atom is 0.224 e. The fourth-order valence-corrected chi connectivity index (χ4v) is 5.26. The van der Waals surface area contributed by atoms with Crippen molar-refractivity contribution in [2.45, 2.75) is 44.7 Å². The van der Waals surface area contributed by atoms with E-state index in [4.69, 9.17) is 5.73 Å². The molecule has 19 heavy (non-hydrogen) atoms. The van der Waals surface area contributed by atoms with Crippen LogP contribution in [0.1, 0.15) is 44.0 Å². The molecule has 104 valence electrons. The van der Waals surface area contributed by atoms with E-state index in [0.717, 1.165) is 35.4 Å². The summed E-state index contributed by atoms with van der Waals surface area (Å²) in [7, 11) is 1.93. The first kappa shape index (κ1) is 11.7. The Hall–Kier alpha value is -1.10. The van der Waals surface area contributed by atoms with Crippen LogP contribution in [0.2, 0.25) is 0 Å². The lowest BCUT2D eigenvalue weighted by Crippen LogP contribution is -2.46. The molecule has 0 atom stereocenters. The smallest absolute Gasteiger partial charge is 0.224 e. The average Bonchev–Trinajstić information content (AvgIpc) is 2.80. The molecule has 1 heterocycles. The Balaban J connectivity index is 1.74.